The molecule has 1 aromatic heterocycles. The molecule has 206 valence electrons. The highest BCUT2D eigenvalue weighted by atomic mass is 32.2. The third-order valence-corrected chi connectivity index (χ3v) is 7.03. The van der Waals surface area contributed by atoms with Crippen molar-refractivity contribution < 1.29 is 31.1 Å². The predicted octanol–water partition coefficient (Wildman–Crippen LogP) is 4.51. The summed E-state index contributed by atoms with van der Waals surface area (Å²) in [6, 6.07) is 5.69. The van der Waals surface area contributed by atoms with Gasteiger partial charge in [0.2, 0.25) is 26.9 Å². The first kappa shape index (κ1) is 29.1. The van der Waals surface area contributed by atoms with Gasteiger partial charge in [0.05, 0.1) is 17.6 Å². The first-order valence-corrected chi connectivity index (χ1v) is 14.6. The molecule has 14 heteroatoms. The standard InChI is InChI=1S/C23H32F3N5O4S2/c1-14(2)13-31(17-7-9-35-10-8-17)19-6-5-16(15(3)11-20(32)30-37(4,33)34)12-18(19)27-22-28-21(29-36-22)23(24,25)26/h5-6,12,14-15,17H,7-11,13H2,1-4H3,(H,30,32)(H,27,28,29)/t15-/m1/s1. The molecule has 2 N–H and O–H groups in total. The van der Waals surface area contributed by atoms with Crippen LogP contribution < -0.4 is 14.9 Å². The van der Waals surface area contributed by atoms with Crippen LogP contribution in [0.25, 0.3) is 0 Å². The van der Waals surface area contributed by atoms with Gasteiger partial charge in [0.15, 0.2) is 0 Å². The van der Waals surface area contributed by atoms with Crippen LogP contribution in [0.4, 0.5) is 29.7 Å². The summed E-state index contributed by atoms with van der Waals surface area (Å²) in [4.78, 5) is 18.0. The van der Waals surface area contributed by atoms with Gasteiger partial charge in [0.1, 0.15) is 0 Å². The number of benzene rings is 1. The van der Waals surface area contributed by atoms with Crippen LogP contribution in [0.1, 0.15) is 57.3 Å². The number of carbonyl (C=O) groups excluding carboxylic acids is 1. The Morgan fingerprint density at radius 3 is 2.49 bits per heavy atom. The number of anilines is 3. The highest BCUT2D eigenvalue weighted by Crippen LogP contribution is 2.37. The third-order valence-electron chi connectivity index (χ3n) is 5.80. The number of rotatable bonds is 10. The van der Waals surface area contributed by atoms with E-state index in [0.717, 1.165) is 31.3 Å². The van der Waals surface area contributed by atoms with Gasteiger partial charge in [-0.25, -0.2) is 8.42 Å². The lowest BCUT2D eigenvalue weighted by Gasteiger charge is -2.38. The Hall–Kier alpha value is -2.45. The molecule has 2 aromatic rings. The second kappa shape index (κ2) is 11.9. The van der Waals surface area contributed by atoms with Crippen LogP contribution in [-0.2, 0) is 25.7 Å². The van der Waals surface area contributed by atoms with Crippen molar-refractivity contribution in [3.8, 4) is 0 Å². The SMILES string of the molecule is CC(C)CN(c1ccc([C@H](C)CC(=O)NS(C)(=O)=O)cc1Nc1nc(C(F)(F)F)ns1)C1CCOCC1. The van der Waals surface area contributed by atoms with E-state index < -0.39 is 27.9 Å². The number of halogens is 3. The van der Waals surface area contributed by atoms with Gasteiger partial charge in [-0.2, -0.15) is 22.5 Å². The highest BCUT2D eigenvalue weighted by molar-refractivity contribution is 7.89. The van der Waals surface area contributed by atoms with E-state index in [9.17, 15) is 26.4 Å². The van der Waals surface area contributed by atoms with Crippen molar-refractivity contribution in [3.63, 3.8) is 0 Å². The lowest BCUT2D eigenvalue weighted by molar-refractivity contribution is -0.144. The number of amides is 1. The van der Waals surface area contributed by atoms with Crippen molar-refractivity contribution in [2.24, 2.45) is 5.92 Å². The molecule has 1 aliphatic rings. The van der Waals surface area contributed by atoms with E-state index >= 15 is 0 Å². The van der Waals surface area contributed by atoms with Crippen molar-refractivity contribution >= 4 is 44.0 Å². The second-order valence-electron chi connectivity index (χ2n) is 9.61. The summed E-state index contributed by atoms with van der Waals surface area (Å²) in [5.74, 6) is -1.91. The van der Waals surface area contributed by atoms with Gasteiger partial charge in [-0.3, -0.25) is 9.52 Å². The number of nitrogens with one attached hydrogen (secondary N) is 2. The normalized spacial score (nSPS) is 16.0. The number of hydrogen-bond donors (Lipinski definition) is 2. The Morgan fingerprint density at radius 1 is 1.24 bits per heavy atom. The topological polar surface area (TPSA) is 114 Å². The monoisotopic (exact) mass is 563 g/mol. The average Bonchev–Trinajstić information content (AvgIpc) is 3.26. The maximum atomic E-state index is 13.1. The second-order valence-corrected chi connectivity index (χ2v) is 12.1. The third kappa shape index (κ3) is 8.54. The van der Waals surface area contributed by atoms with Crippen molar-refractivity contribution in [2.75, 3.05) is 36.2 Å². The highest BCUT2D eigenvalue weighted by Gasteiger charge is 2.36. The molecule has 0 aliphatic carbocycles. The lowest BCUT2D eigenvalue weighted by atomic mass is 9.95. The molecule has 0 unspecified atom stereocenters. The molecule has 2 heterocycles. The summed E-state index contributed by atoms with van der Waals surface area (Å²) in [5, 5.41) is 3.01. The van der Waals surface area contributed by atoms with E-state index in [1.54, 1.807) is 13.0 Å². The smallest absolute Gasteiger partial charge is 0.381 e. The van der Waals surface area contributed by atoms with Gasteiger partial charge in [-0.1, -0.05) is 26.8 Å². The molecular weight excluding hydrogens is 531 g/mol. The average molecular weight is 564 g/mol. The van der Waals surface area contributed by atoms with Gasteiger partial charge in [0.25, 0.3) is 0 Å². The predicted molar refractivity (Wildman–Crippen MR) is 137 cm³/mol. The van der Waals surface area contributed by atoms with E-state index in [1.165, 1.54) is 0 Å². The minimum absolute atomic E-state index is 0.00956. The first-order chi connectivity index (χ1) is 17.2. The van der Waals surface area contributed by atoms with Gasteiger partial charge < -0.3 is 15.0 Å². The van der Waals surface area contributed by atoms with Crippen LogP contribution in [-0.4, -0.2) is 55.7 Å². The molecule has 9 nitrogen and oxygen atoms in total. The molecule has 0 spiro atoms. The number of hydrogen-bond acceptors (Lipinski definition) is 9. The fraction of sp³-hybridized carbons (Fsp3) is 0.609. The van der Waals surface area contributed by atoms with Crippen molar-refractivity contribution in [2.45, 2.75) is 58.2 Å². The Balaban J connectivity index is 1.98. The van der Waals surface area contributed by atoms with Crippen molar-refractivity contribution in [3.05, 3.63) is 29.6 Å². The zero-order chi connectivity index (χ0) is 27.4. The largest absolute Gasteiger partial charge is 0.452 e. The summed E-state index contributed by atoms with van der Waals surface area (Å²) in [6.45, 7) is 7.93. The number of ether oxygens (including phenoxy) is 1. The van der Waals surface area contributed by atoms with E-state index in [4.69, 9.17) is 4.74 Å². The zero-order valence-corrected chi connectivity index (χ0v) is 22.8. The summed E-state index contributed by atoms with van der Waals surface area (Å²) < 4.78 is 73.0. The summed E-state index contributed by atoms with van der Waals surface area (Å²) >= 11 is 0.611. The zero-order valence-electron chi connectivity index (χ0n) is 21.1. The summed E-state index contributed by atoms with van der Waals surface area (Å²) in [5.41, 5.74) is 2.04. The lowest BCUT2D eigenvalue weighted by Crippen LogP contribution is -2.42. The molecule has 1 saturated heterocycles. The fourth-order valence-corrected chi connectivity index (χ4v) is 5.29. The molecule has 1 amide bonds. The molecular formula is C23H32F3N5O4S2. The molecule has 3 rings (SSSR count). The van der Waals surface area contributed by atoms with Crippen LogP contribution in [0.5, 0.6) is 0 Å². The summed E-state index contributed by atoms with van der Waals surface area (Å²) in [7, 11) is -3.69. The number of alkyl halides is 3. The Labute approximate surface area is 219 Å². The van der Waals surface area contributed by atoms with Crippen LogP contribution in [0.15, 0.2) is 18.2 Å². The van der Waals surface area contributed by atoms with Gasteiger partial charge in [-0.15, -0.1) is 0 Å². The van der Waals surface area contributed by atoms with Crippen LogP contribution in [0, 0.1) is 5.92 Å². The van der Waals surface area contributed by atoms with Crippen LogP contribution in [0.2, 0.25) is 0 Å². The van der Waals surface area contributed by atoms with E-state index in [2.05, 4.69) is 33.4 Å². The van der Waals surface area contributed by atoms with Crippen molar-refractivity contribution in [1.29, 1.82) is 0 Å². The molecule has 1 atom stereocenters. The fourth-order valence-electron chi connectivity index (χ4n) is 4.19. The minimum Gasteiger partial charge on any atom is -0.381 e. The number of aromatic nitrogens is 2. The van der Waals surface area contributed by atoms with Crippen LogP contribution in [0.3, 0.4) is 0 Å². The Morgan fingerprint density at radius 2 is 1.92 bits per heavy atom. The number of carbonyl (C=O) groups is 1. The van der Waals surface area contributed by atoms with Gasteiger partial charge >= 0.3 is 6.18 Å². The van der Waals surface area contributed by atoms with Crippen molar-refractivity contribution in [1.82, 2.24) is 14.1 Å². The Kier molecular flexibility index (Phi) is 9.40. The number of nitrogens with zero attached hydrogens (tertiary/aromatic N) is 3. The van der Waals surface area contributed by atoms with Gasteiger partial charge in [0, 0.05) is 43.8 Å². The molecule has 1 fully saturated rings. The van der Waals surface area contributed by atoms with E-state index in [0.29, 0.717) is 41.9 Å². The molecule has 0 radical (unpaired) electrons. The maximum Gasteiger partial charge on any atom is 0.452 e. The Bertz CT molecular complexity index is 1180. The van der Waals surface area contributed by atoms with Crippen LogP contribution >= 0.6 is 11.5 Å². The van der Waals surface area contributed by atoms with E-state index in [1.807, 2.05) is 16.9 Å². The van der Waals surface area contributed by atoms with Gasteiger partial charge in [-0.05, 0) is 42.4 Å². The van der Waals surface area contributed by atoms with E-state index in [-0.39, 0.29) is 23.5 Å². The molecule has 37 heavy (non-hydrogen) atoms. The maximum absolute atomic E-state index is 13.1. The first-order valence-electron chi connectivity index (χ1n) is 11.9. The molecule has 1 aliphatic heterocycles. The number of sulfonamides is 1. The quantitative estimate of drug-likeness (QED) is 0.434. The molecule has 0 bridgehead atoms. The molecule has 0 saturated carbocycles. The summed E-state index contributed by atoms with van der Waals surface area (Å²) in [6.07, 6.45) is -2.21. The molecule has 1 aromatic carbocycles. The minimum atomic E-state index is -4.66.